The lowest BCUT2D eigenvalue weighted by Crippen LogP contribution is -2.42. The third-order valence-electron chi connectivity index (χ3n) is 4.05. The van der Waals surface area contributed by atoms with Crippen molar-refractivity contribution in [1.82, 2.24) is 10.2 Å². The van der Waals surface area contributed by atoms with Crippen molar-refractivity contribution in [2.45, 2.75) is 25.9 Å². The smallest absolute Gasteiger partial charge is 0.238 e. The zero-order valence-corrected chi connectivity index (χ0v) is 14.6. The molecule has 0 unspecified atom stereocenters. The van der Waals surface area contributed by atoms with Gasteiger partial charge >= 0.3 is 0 Å². The summed E-state index contributed by atoms with van der Waals surface area (Å²) in [6, 6.07) is 17.8. The van der Waals surface area contributed by atoms with Crippen molar-refractivity contribution in [3.63, 3.8) is 0 Å². The molecule has 1 amide bonds. The first kappa shape index (κ1) is 17.7. The maximum absolute atomic E-state index is 11.9. The van der Waals surface area contributed by atoms with E-state index in [1.54, 1.807) is 25.1 Å². The van der Waals surface area contributed by atoms with E-state index in [1.165, 1.54) is 0 Å². The van der Waals surface area contributed by atoms with Crippen LogP contribution in [0.25, 0.3) is 11.1 Å². The van der Waals surface area contributed by atoms with E-state index >= 15 is 0 Å². The lowest BCUT2D eigenvalue weighted by Gasteiger charge is -2.22. The van der Waals surface area contributed by atoms with Crippen LogP contribution in [-0.4, -0.2) is 30.9 Å². The highest BCUT2D eigenvalue weighted by atomic mass is 16.2. The summed E-state index contributed by atoms with van der Waals surface area (Å²) in [6.07, 6.45) is 0. The molecule has 0 saturated carbocycles. The van der Waals surface area contributed by atoms with E-state index in [1.807, 2.05) is 44.2 Å². The molecule has 0 aromatic heterocycles. The molecule has 0 bridgehead atoms. The number of nitrogens with zero attached hydrogens (tertiary/aromatic N) is 2. The lowest BCUT2D eigenvalue weighted by molar-refractivity contribution is -0.130. The number of hydrogen-bond donors (Lipinski definition) is 1. The van der Waals surface area contributed by atoms with E-state index in [4.69, 9.17) is 5.26 Å². The zero-order chi connectivity index (χ0) is 17.7. The molecule has 0 saturated heterocycles. The minimum atomic E-state index is -0.234. The first-order valence-electron chi connectivity index (χ1n) is 8.00. The van der Waals surface area contributed by atoms with E-state index in [2.05, 4.69) is 23.5 Å². The van der Waals surface area contributed by atoms with Crippen molar-refractivity contribution in [3.8, 4) is 17.2 Å². The van der Waals surface area contributed by atoms with Gasteiger partial charge in [0.15, 0.2) is 0 Å². The topological polar surface area (TPSA) is 56.1 Å². The molecule has 4 nitrogen and oxygen atoms in total. The van der Waals surface area contributed by atoms with Gasteiger partial charge in [-0.3, -0.25) is 10.1 Å². The number of nitrogens with one attached hydrogen (secondary N) is 1. The Labute approximate surface area is 143 Å². The van der Waals surface area contributed by atoms with Gasteiger partial charge < -0.3 is 4.90 Å². The number of nitriles is 1. The predicted molar refractivity (Wildman–Crippen MR) is 96.3 cm³/mol. The Morgan fingerprint density at radius 1 is 1.08 bits per heavy atom. The predicted octanol–water partition coefficient (Wildman–Crippen LogP) is 3.35. The van der Waals surface area contributed by atoms with Crippen molar-refractivity contribution < 1.29 is 4.79 Å². The number of carbonyl (C=O) groups is 1. The van der Waals surface area contributed by atoms with Crippen LogP contribution in [0.2, 0.25) is 0 Å². The molecule has 0 aliphatic carbocycles. The highest BCUT2D eigenvalue weighted by Crippen LogP contribution is 2.23. The third kappa shape index (κ3) is 4.21. The highest BCUT2D eigenvalue weighted by Gasteiger charge is 2.17. The maximum atomic E-state index is 11.9. The monoisotopic (exact) mass is 321 g/mol. The summed E-state index contributed by atoms with van der Waals surface area (Å²) in [5, 5.41) is 12.3. The number of carbonyl (C=O) groups excluding carboxylic acids is 1. The first-order chi connectivity index (χ1) is 11.4. The van der Waals surface area contributed by atoms with Gasteiger partial charge in [0.2, 0.25) is 5.91 Å². The Balaban J connectivity index is 2.11. The summed E-state index contributed by atoms with van der Waals surface area (Å²) in [6.45, 7) is 3.92. The molecule has 2 aromatic rings. The van der Waals surface area contributed by atoms with E-state index in [0.29, 0.717) is 5.56 Å². The largest absolute Gasteiger partial charge is 0.347 e. The molecular formula is C20H23N3O. The normalized spacial score (nSPS) is 13.0. The maximum Gasteiger partial charge on any atom is 0.238 e. The molecule has 1 N–H and O–H groups in total. The van der Waals surface area contributed by atoms with Crippen LogP contribution in [0, 0.1) is 11.3 Å². The van der Waals surface area contributed by atoms with Gasteiger partial charge in [0.25, 0.3) is 0 Å². The molecule has 0 fully saturated rings. The average molecular weight is 321 g/mol. The van der Waals surface area contributed by atoms with Gasteiger partial charge in [-0.05, 0) is 42.7 Å². The Morgan fingerprint density at radius 3 is 2.33 bits per heavy atom. The van der Waals surface area contributed by atoms with E-state index < -0.39 is 0 Å². The molecule has 24 heavy (non-hydrogen) atoms. The Morgan fingerprint density at radius 2 is 1.75 bits per heavy atom. The Kier molecular flexibility index (Phi) is 5.73. The number of likely N-dealkylation sites (N-methyl/N-ethyl adjacent to an activating group) is 1. The minimum Gasteiger partial charge on any atom is -0.347 e. The second kappa shape index (κ2) is 7.76. The molecule has 4 heteroatoms. The SMILES string of the molecule is C[C@H](N[C@@H](C)c1ccc(-c2cccc(C#N)c2)cc1)C(=O)N(C)C. The highest BCUT2D eigenvalue weighted by molar-refractivity contribution is 5.81. The number of amides is 1. The standard InChI is InChI=1S/C20H23N3O/c1-14(22-15(2)20(24)23(3)4)17-8-10-18(11-9-17)19-7-5-6-16(12-19)13-21/h5-12,14-15,22H,1-4H3/t14-,15-/m0/s1. The zero-order valence-electron chi connectivity index (χ0n) is 14.6. The first-order valence-corrected chi connectivity index (χ1v) is 8.00. The second-order valence-corrected chi connectivity index (χ2v) is 6.16. The fourth-order valence-corrected chi connectivity index (χ4v) is 2.66. The van der Waals surface area contributed by atoms with Gasteiger partial charge in [0.1, 0.15) is 0 Å². The van der Waals surface area contributed by atoms with E-state index in [0.717, 1.165) is 16.7 Å². The van der Waals surface area contributed by atoms with Crippen molar-refractivity contribution in [1.29, 1.82) is 5.26 Å². The van der Waals surface area contributed by atoms with Crippen molar-refractivity contribution in [2.24, 2.45) is 0 Å². The van der Waals surface area contributed by atoms with Crippen LogP contribution in [0.1, 0.15) is 31.0 Å². The van der Waals surface area contributed by atoms with Gasteiger partial charge in [-0.2, -0.15) is 5.26 Å². The van der Waals surface area contributed by atoms with Crippen LogP contribution in [0.4, 0.5) is 0 Å². The van der Waals surface area contributed by atoms with Crippen LogP contribution in [0.5, 0.6) is 0 Å². The number of rotatable bonds is 5. The number of hydrogen-bond acceptors (Lipinski definition) is 3. The van der Waals surface area contributed by atoms with Crippen molar-refractivity contribution >= 4 is 5.91 Å². The Hall–Kier alpha value is -2.64. The van der Waals surface area contributed by atoms with E-state index in [9.17, 15) is 4.79 Å². The number of benzene rings is 2. The van der Waals surface area contributed by atoms with E-state index in [-0.39, 0.29) is 18.0 Å². The molecule has 2 aromatic carbocycles. The molecule has 2 rings (SSSR count). The minimum absolute atomic E-state index is 0.0618. The van der Waals surface area contributed by atoms with Gasteiger partial charge in [0.05, 0.1) is 17.7 Å². The van der Waals surface area contributed by atoms with Gasteiger partial charge in [0, 0.05) is 20.1 Å². The third-order valence-corrected chi connectivity index (χ3v) is 4.05. The summed E-state index contributed by atoms with van der Waals surface area (Å²) in [7, 11) is 3.52. The fourth-order valence-electron chi connectivity index (χ4n) is 2.66. The molecular weight excluding hydrogens is 298 g/mol. The molecule has 0 aliphatic rings. The molecule has 0 spiro atoms. The van der Waals surface area contributed by atoms with Gasteiger partial charge in [-0.1, -0.05) is 36.4 Å². The average Bonchev–Trinajstić information content (AvgIpc) is 2.61. The van der Waals surface area contributed by atoms with Crippen molar-refractivity contribution in [3.05, 3.63) is 59.7 Å². The summed E-state index contributed by atoms with van der Waals surface area (Å²) in [5.41, 5.74) is 3.87. The molecule has 2 atom stereocenters. The van der Waals surface area contributed by atoms with Crippen LogP contribution >= 0.6 is 0 Å². The van der Waals surface area contributed by atoms with Crippen molar-refractivity contribution in [2.75, 3.05) is 14.1 Å². The summed E-state index contributed by atoms with van der Waals surface area (Å²) in [5.74, 6) is 0.0618. The molecule has 0 aliphatic heterocycles. The Bertz CT molecular complexity index is 744. The van der Waals surface area contributed by atoms with Gasteiger partial charge in [-0.15, -0.1) is 0 Å². The fraction of sp³-hybridized carbons (Fsp3) is 0.300. The molecule has 124 valence electrons. The molecule has 0 heterocycles. The summed E-state index contributed by atoms with van der Waals surface area (Å²) in [4.78, 5) is 13.5. The summed E-state index contributed by atoms with van der Waals surface area (Å²) < 4.78 is 0. The van der Waals surface area contributed by atoms with Crippen LogP contribution in [0.15, 0.2) is 48.5 Å². The summed E-state index contributed by atoms with van der Waals surface area (Å²) >= 11 is 0. The van der Waals surface area contributed by atoms with Crippen LogP contribution < -0.4 is 5.32 Å². The second-order valence-electron chi connectivity index (χ2n) is 6.16. The van der Waals surface area contributed by atoms with Gasteiger partial charge in [-0.25, -0.2) is 0 Å². The van der Waals surface area contributed by atoms with Crippen LogP contribution in [-0.2, 0) is 4.79 Å². The lowest BCUT2D eigenvalue weighted by atomic mass is 10.00. The van der Waals surface area contributed by atoms with Crippen LogP contribution in [0.3, 0.4) is 0 Å². The molecule has 0 radical (unpaired) electrons. The quantitative estimate of drug-likeness (QED) is 0.919.